The Morgan fingerprint density at radius 1 is 1.12 bits per heavy atom. The van der Waals surface area contributed by atoms with Crippen LogP contribution in [0.5, 0.6) is 0 Å². The third kappa shape index (κ3) is 3.32. The molecule has 4 rings (SSSR count). The fraction of sp³-hybridized carbons (Fsp3) is 0.353. The number of anilines is 1. The van der Waals surface area contributed by atoms with Crippen LogP contribution in [0.1, 0.15) is 11.7 Å². The summed E-state index contributed by atoms with van der Waals surface area (Å²) in [6.45, 7) is 6.55. The molecular weight excluding hydrogens is 322 g/mol. The molecule has 1 aromatic carbocycles. The van der Waals surface area contributed by atoms with Gasteiger partial charge in [-0.25, -0.2) is 9.97 Å². The first-order valence-corrected chi connectivity index (χ1v) is 8.83. The fourth-order valence-corrected chi connectivity index (χ4v) is 3.55. The monoisotopic (exact) mass is 341 g/mol. The van der Waals surface area contributed by atoms with Gasteiger partial charge >= 0.3 is 0 Å². The molecule has 3 heterocycles. The van der Waals surface area contributed by atoms with E-state index >= 15 is 0 Å². The molecule has 0 bridgehead atoms. The number of piperazine rings is 1. The van der Waals surface area contributed by atoms with Crippen molar-refractivity contribution in [1.29, 1.82) is 0 Å². The van der Waals surface area contributed by atoms with E-state index in [4.69, 9.17) is 4.42 Å². The van der Waals surface area contributed by atoms with Crippen molar-refractivity contribution in [3.8, 4) is 11.3 Å². The zero-order valence-corrected chi connectivity index (χ0v) is 14.4. The molecule has 0 atom stereocenters. The van der Waals surface area contributed by atoms with Gasteiger partial charge in [0.2, 0.25) is 11.0 Å². The number of oxazole rings is 1. The minimum Gasteiger partial charge on any atom is -0.439 e. The highest BCUT2D eigenvalue weighted by molar-refractivity contribution is 7.09. The standard InChI is InChI=1S/C17H19N5OS/c1-13-19-17(24-20-13)22-9-7-21(8-10-22)12-16-18-11-15(23-16)14-5-3-2-4-6-14/h2-6,11H,7-10,12H2,1H3. The second kappa shape index (κ2) is 6.70. The predicted molar refractivity (Wildman–Crippen MR) is 94.1 cm³/mol. The molecule has 1 aliphatic rings. The molecule has 0 spiro atoms. The molecule has 1 saturated heterocycles. The van der Waals surface area contributed by atoms with Gasteiger partial charge in [0.15, 0.2) is 5.76 Å². The summed E-state index contributed by atoms with van der Waals surface area (Å²) in [5.74, 6) is 2.45. The normalized spacial score (nSPS) is 15.8. The van der Waals surface area contributed by atoms with Gasteiger partial charge in [0.05, 0.1) is 12.7 Å². The van der Waals surface area contributed by atoms with Gasteiger partial charge in [-0.1, -0.05) is 30.3 Å². The smallest absolute Gasteiger partial charge is 0.209 e. The summed E-state index contributed by atoms with van der Waals surface area (Å²) >= 11 is 1.48. The van der Waals surface area contributed by atoms with Gasteiger partial charge in [-0.3, -0.25) is 4.90 Å². The lowest BCUT2D eigenvalue weighted by molar-refractivity contribution is 0.227. The van der Waals surface area contributed by atoms with Crippen LogP contribution in [0.25, 0.3) is 11.3 Å². The van der Waals surface area contributed by atoms with Crippen LogP contribution in [0.4, 0.5) is 5.13 Å². The summed E-state index contributed by atoms with van der Waals surface area (Å²) in [5, 5.41) is 1.02. The van der Waals surface area contributed by atoms with Crippen LogP contribution in [0.3, 0.4) is 0 Å². The van der Waals surface area contributed by atoms with E-state index < -0.39 is 0 Å². The molecule has 124 valence electrons. The molecule has 0 aliphatic carbocycles. The lowest BCUT2D eigenvalue weighted by atomic mass is 10.2. The van der Waals surface area contributed by atoms with Crippen LogP contribution < -0.4 is 4.90 Å². The third-order valence-electron chi connectivity index (χ3n) is 4.13. The van der Waals surface area contributed by atoms with Crippen LogP contribution in [0.15, 0.2) is 40.9 Å². The minimum absolute atomic E-state index is 0.746. The van der Waals surface area contributed by atoms with Crippen LogP contribution in [0, 0.1) is 6.92 Å². The van der Waals surface area contributed by atoms with Crippen molar-refractivity contribution in [1.82, 2.24) is 19.2 Å². The number of nitrogens with zero attached hydrogens (tertiary/aromatic N) is 5. The SMILES string of the molecule is Cc1nsc(N2CCN(Cc3ncc(-c4ccccc4)o3)CC2)n1. The van der Waals surface area contributed by atoms with Gasteiger partial charge in [0, 0.05) is 43.3 Å². The maximum atomic E-state index is 5.90. The second-order valence-electron chi connectivity index (χ2n) is 5.87. The van der Waals surface area contributed by atoms with E-state index in [9.17, 15) is 0 Å². The highest BCUT2D eigenvalue weighted by atomic mass is 32.1. The number of benzene rings is 1. The maximum absolute atomic E-state index is 5.90. The number of rotatable bonds is 4. The summed E-state index contributed by atoms with van der Waals surface area (Å²) in [4.78, 5) is 13.6. The first kappa shape index (κ1) is 15.3. The predicted octanol–water partition coefficient (Wildman–Crippen LogP) is 2.82. The summed E-state index contributed by atoms with van der Waals surface area (Å²) in [6, 6.07) is 10.1. The van der Waals surface area contributed by atoms with Crippen molar-refractivity contribution in [3.63, 3.8) is 0 Å². The minimum atomic E-state index is 0.746. The van der Waals surface area contributed by atoms with Gasteiger partial charge < -0.3 is 9.32 Å². The van der Waals surface area contributed by atoms with E-state index in [-0.39, 0.29) is 0 Å². The Kier molecular flexibility index (Phi) is 4.27. The second-order valence-corrected chi connectivity index (χ2v) is 6.60. The lowest BCUT2D eigenvalue weighted by Gasteiger charge is -2.33. The first-order chi connectivity index (χ1) is 11.8. The van der Waals surface area contributed by atoms with Gasteiger partial charge in [0.1, 0.15) is 5.82 Å². The average Bonchev–Trinajstić information content (AvgIpc) is 3.26. The average molecular weight is 341 g/mol. The largest absolute Gasteiger partial charge is 0.439 e. The summed E-state index contributed by atoms with van der Waals surface area (Å²) < 4.78 is 10.2. The van der Waals surface area contributed by atoms with E-state index in [0.717, 1.165) is 60.9 Å². The molecule has 1 aliphatic heterocycles. The molecule has 6 nitrogen and oxygen atoms in total. The highest BCUT2D eigenvalue weighted by Gasteiger charge is 2.21. The van der Waals surface area contributed by atoms with Crippen molar-refractivity contribution in [2.45, 2.75) is 13.5 Å². The molecule has 7 heteroatoms. The van der Waals surface area contributed by atoms with E-state index in [1.165, 1.54) is 11.5 Å². The Bertz CT molecular complexity index is 792. The molecule has 2 aromatic heterocycles. The molecule has 0 saturated carbocycles. The van der Waals surface area contributed by atoms with Gasteiger partial charge in [0.25, 0.3) is 0 Å². The molecule has 0 unspecified atom stereocenters. The Balaban J connectivity index is 1.35. The van der Waals surface area contributed by atoms with E-state index in [1.807, 2.05) is 43.5 Å². The number of hydrogen-bond acceptors (Lipinski definition) is 7. The van der Waals surface area contributed by atoms with Crippen molar-refractivity contribution in [2.24, 2.45) is 0 Å². The van der Waals surface area contributed by atoms with Gasteiger partial charge in [-0.2, -0.15) is 4.37 Å². The number of aryl methyl sites for hydroxylation is 1. The van der Waals surface area contributed by atoms with Crippen molar-refractivity contribution in [2.75, 3.05) is 31.1 Å². The Morgan fingerprint density at radius 3 is 2.62 bits per heavy atom. The van der Waals surface area contributed by atoms with Gasteiger partial charge in [-0.15, -0.1) is 0 Å². The summed E-state index contributed by atoms with van der Waals surface area (Å²) in [7, 11) is 0. The topological polar surface area (TPSA) is 58.3 Å². The van der Waals surface area contributed by atoms with Crippen LogP contribution in [-0.2, 0) is 6.54 Å². The zero-order chi connectivity index (χ0) is 16.4. The van der Waals surface area contributed by atoms with Crippen LogP contribution >= 0.6 is 11.5 Å². The van der Waals surface area contributed by atoms with Crippen LogP contribution in [0.2, 0.25) is 0 Å². The highest BCUT2D eigenvalue weighted by Crippen LogP contribution is 2.22. The Morgan fingerprint density at radius 2 is 1.92 bits per heavy atom. The zero-order valence-electron chi connectivity index (χ0n) is 13.6. The van der Waals surface area contributed by atoms with E-state index in [0.29, 0.717) is 0 Å². The summed E-state index contributed by atoms with van der Waals surface area (Å²) in [6.07, 6.45) is 1.81. The molecule has 0 amide bonds. The van der Waals surface area contributed by atoms with E-state index in [1.54, 1.807) is 0 Å². The quantitative estimate of drug-likeness (QED) is 0.727. The van der Waals surface area contributed by atoms with Gasteiger partial charge in [-0.05, 0) is 6.92 Å². The van der Waals surface area contributed by atoms with Crippen molar-refractivity contribution in [3.05, 3.63) is 48.2 Å². The van der Waals surface area contributed by atoms with E-state index in [2.05, 4.69) is 24.1 Å². The first-order valence-electron chi connectivity index (χ1n) is 8.06. The fourth-order valence-electron chi connectivity index (χ4n) is 2.82. The molecule has 0 radical (unpaired) electrons. The molecular formula is C17H19N5OS. The van der Waals surface area contributed by atoms with Crippen molar-refractivity contribution >= 4 is 16.7 Å². The maximum Gasteiger partial charge on any atom is 0.209 e. The molecule has 3 aromatic rings. The third-order valence-corrected chi connectivity index (χ3v) is 5.00. The summed E-state index contributed by atoms with van der Waals surface area (Å²) in [5.41, 5.74) is 1.06. The number of aromatic nitrogens is 3. The number of hydrogen-bond donors (Lipinski definition) is 0. The molecule has 24 heavy (non-hydrogen) atoms. The molecule has 1 fully saturated rings. The lowest BCUT2D eigenvalue weighted by Crippen LogP contribution is -2.46. The Hall–Kier alpha value is -2.25. The van der Waals surface area contributed by atoms with Crippen molar-refractivity contribution < 1.29 is 4.42 Å². The molecule has 0 N–H and O–H groups in total. The van der Waals surface area contributed by atoms with Crippen LogP contribution in [-0.4, -0.2) is 45.4 Å². The Labute approximate surface area is 144 Å².